The summed E-state index contributed by atoms with van der Waals surface area (Å²) in [5, 5.41) is 9.17. The van der Waals surface area contributed by atoms with Gasteiger partial charge in [0.1, 0.15) is 0 Å². The Bertz CT molecular complexity index is 406. The van der Waals surface area contributed by atoms with Crippen molar-refractivity contribution in [2.24, 2.45) is 0 Å². The summed E-state index contributed by atoms with van der Waals surface area (Å²) in [7, 11) is 0. The summed E-state index contributed by atoms with van der Waals surface area (Å²) in [5.74, 6) is -0.943. The minimum absolute atomic E-state index is 0.174. The van der Waals surface area contributed by atoms with Crippen molar-refractivity contribution < 1.29 is 9.90 Å². The zero-order chi connectivity index (χ0) is 12.3. The maximum absolute atomic E-state index is 11.2. The first-order valence-electron chi connectivity index (χ1n) is 6.19. The second-order valence-electron chi connectivity index (χ2n) is 4.43. The van der Waals surface area contributed by atoms with E-state index in [-0.39, 0.29) is 5.69 Å². The molecule has 1 aromatic heterocycles. The molecule has 1 aliphatic heterocycles. The van der Waals surface area contributed by atoms with E-state index in [4.69, 9.17) is 5.11 Å². The molecule has 2 rings (SSSR count). The normalized spacial score (nSPS) is 20.3. The Morgan fingerprint density at radius 2 is 2.41 bits per heavy atom. The van der Waals surface area contributed by atoms with E-state index in [2.05, 4.69) is 16.8 Å². The van der Waals surface area contributed by atoms with E-state index < -0.39 is 5.97 Å². The number of nitrogens with zero attached hydrogens (tertiary/aromatic N) is 2. The zero-order valence-electron chi connectivity index (χ0n) is 10.1. The van der Waals surface area contributed by atoms with Crippen LogP contribution < -0.4 is 4.90 Å². The quantitative estimate of drug-likeness (QED) is 0.873. The number of aromatic nitrogens is 1. The standard InChI is InChI=1S/C13H18N2O2/c1-2-10-6-3-4-9-15(10)11-7-5-8-14-12(11)13(16)17/h5,7-8,10H,2-4,6,9H2,1H3,(H,16,17). The summed E-state index contributed by atoms with van der Waals surface area (Å²) in [6, 6.07) is 4.12. The van der Waals surface area contributed by atoms with Crippen molar-refractivity contribution in [3.8, 4) is 0 Å². The molecule has 1 N–H and O–H groups in total. The van der Waals surface area contributed by atoms with E-state index >= 15 is 0 Å². The maximum atomic E-state index is 11.2. The number of carbonyl (C=O) groups is 1. The van der Waals surface area contributed by atoms with Crippen molar-refractivity contribution in [1.82, 2.24) is 4.98 Å². The summed E-state index contributed by atoms with van der Waals surface area (Å²) in [5.41, 5.74) is 0.944. The van der Waals surface area contributed by atoms with Crippen LogP contribution in [0.5, 0.6) is 0 Å². The number of rotatable bonds is 3. The van der Waals surface area contributed by atoms with Crippen molar-refractivity contribution in [3.63, 3.8) is 0 Å². The van der Waals surface area contributed by atoms with Gasteiger partial charge in [0.05, 0.1) is 5.69 Å². The predicted octanol–water partition coefficient (Wildman–Crippen LogP) is 2.55. The minimum Gasteiger partial charge on any atom is -0.476 e. The van der Waals surface area contributed by atoms with E-state index in [0.717, 1.165) is 31.5 Å². The second kappa shape index (κ2) is 5.17. The van der Waals surface area contributed by atoms with Gasteiger partial charge in [-0.3, -0.25) is 0 Å². The predicted molar refractivity (Wildman–Crippen MR) is 66.5 cm³/mol. The van der Waals surface area contributed by atoms with E-state index in [1.165, 1.54) is 12.6 Å². The second-order valence-corrected chi connectivity index (χ2v) is 4.43. The summed E-state index contributed by atoms with van der Waals surface area (Å²) in [6.07, 6.45) is 6.10. The largest absolute Gasteiger partial charge is 0.476 e. The van der Waals surface area contributed by atoms with Crippen molar-refractivity contribution in [1.29, 1.82) is 0 Å². The van der Waals surface area contributed by atoms with Crippen LogP contribution in [0, 0.1) is 0 Å². The molecule has 1 unspecified atom stereocenters. The molecule has 1 atom stereocenters. The van der Waals surface area contributed by atoms with Gasteiger partial charge in [0, 0.05) is 18.8 Å². The van der Waals surface area contributed by atoms with Crippen LogP contribution >= 0.6 is 0 Å². The lowest BCUT2D eigenvalue weighted by Crippen LogP contribution is -2.40. The molecule has 0 saturated carbocycles. The van der Waals surface area contributed by atoms with Crippen LogP contribution in [0.4, 0.5) is 5.69 Å². The van der Waals surface area contributed by atoms with Crippen LogP contribution in [-0.4, -0.2) is 28.6 Å². The topological polar surface area (TPSA) is 53.4 Å². The van der Waals surface area contributed by atoms with Crippen molar-refractivity contribution in [2.45, 2.75) is 38.6 Å². The third-order valence-corrected chi connectivity index (χ3v) is 3.40. The third-order valence-electron chi connectivity index (χ3n) is 3.40. The van der Waals surface area contributed by atoms with Crippen LogP contribution in [0.3, 0.4) is 0 Å². The maximum Gasteiger partial charge on any atom is 0.356 e. The van der Waals surface area contributed by atoms with Crippen LogP contribution in [0.15, 0.2) is 18.3 Å². The molecule has 0 aliphatic carbocycles. The Morgan fingerprint density at radius 1 is 1.59 bits per heavy atom. The smallest absolute Gasteiger partial charge is 0.356 e. The first-order valence-corrected chi connectivity index (χ1v) is 6.19. The molecule has 2 heterocycles. The van der Waals surface area contributed by atoms with Gasteiger partial charge in [-0.1, -0.05) is 6.92 Å². The molecule has 0 aromatic carbocycles. The average Bonchev–Trinajstić information content (AvgIpc) is 2.38. The fourth-order valence-electron chi connectivity index (χ4n) is 2.54. The molecule has 0 bridgehead atoms. The summed E-state index contributed by atoms with van der Waals surface area (Å²) >= 11 is 0. The minimum atomic E-state index is -0.943. The van der Waals surface area contributed by atoms with E-state index in [9.17, 15) is 4.79 Å². The fourth-order valence-corrected chi connectivity index (χ4v) is 2.54. The fraction of sp³-hybridized carbons (Fsp3) is 0.538. The van der Waals surface area contributed by atoms with Crippen LogP contribution in [0.1, 0.15) is 43.1 Å². The molecule has 0 amide bonds. The van der Waals surface area contributed by atoms with Gasteiger partial charge in [-0.15, -0.1) is 0 Å². The highest BCUT2D eigenvalue weighted by molar-refractivity contribution is 5.92. The lowest BCUT2D eigenvalue weighted by molar-refractivity contribution is 0.0691. The summed E-state index contributed by atoms with van der Waals surface area (Å²) in [6.45, 7) is 3.09. The van der Waals surface area contributed by atoms with Crippen molar-refractivity contribution in [2.75, 3.05) is 11.4 Å². The number of hydrogen-bond acceptors (Lipinski definition) is 3. The number of aromatic carboxylic acids is 1. The van der Waals surface area contributed by atoms with Crippen LogP contribution in [-0.2, 0) is 0 Å². The van der Waals surface area contributed by atoms with Crippen LogP contribution in [0.25, 0.3) is 0 Å². The Labute approximate surface area is 101 Å². The number of carboxylic acid groups (broad SMARTS) is 1. The summed E-state index contributed by atoms with van der Waals surface area (Å²) in [4.78, 5) is 17.4. The highest BCUT2D eigenvalue weighted by atomic mass is 16.4. The molecule has 1 fully saturated rings. The molecule has 4 nitrogen and oxygen atoms in total. The summed E-state index contributed by atoms with van der Waals surface area (Å²) < 4.78 is 0. The highest BCUT2D eigenvalue weighted by Gasteiger charge is 2.25. The molecule has 17 heavy (non-hydrogen) atoms. The first kappa shape index (κ1) is 11.9. The number of carboxylic acids is 1. The molecule has 0 radical (unpaired) electrons. The molecule has 0 spiro atoms. The Kier molecular flexibility index (Phi) is 3.61. The zero-order valence-corrected chi connectivity index (χ0v) is 10.1. The Hall–Kier alpha value is -1.58. The monoisotopic (exact) mass is 234 g/mol. The highest BCUT2D eigenvalue weighted by Crippen LogP contribution is 2.28. The molecule has 92 valence electrons. The van der Waals surface area contributed by atoms with E-state index in [1.807, 2.05) is 12.1 Å². The molecular formula is C13H18N2O2. The van der Waals surface area contributed by atoms with Gasteiger partial charge in [0.15, 0.2) is 5.69 Å². The van der Waals surface area contributed by atoms with Gasteiger partial charge in [0.2, 0.25) is 0 Å². The number of piperidine rings is 1. The first-order chi connectivity index (χ1) is 8.24. The van der Waals surface area contributed by atoms with Gasteiger partial charge in [-0.25, -0.2) is 9.78 Å². The third kappa shape index (κ3) is 2.40. The molecule has 4 heteroatoms. The van der Waals surface area contributed by atoms with Gasteiger partial charge in [0.25, 0.3) is 0 Å². The average molecular weight is 234 g/mol. The number of hydrogen-bond donors (Lipinski definition) is 1. The van der Waals surface area contributed by atoms with Crippen LogP contribution in [0.2, 0.25) is 0 Å². The van der Waals surface area contributed by atoms with Crippen molar-refractivity contribution >= 4 is 11.7 Å². The van der Waals surface area contributed by atoms with Gasteiger partial charge < -0.3 is 10.0 Å². The molecule has 1 saturated heterocycles. The number of pyridine rings is 1. The van der Waals surface area contributed by atoms with Gasteiger partial charge in [-0.2, -0.15) is 0 Å². The van der Waals surface area contributed by atoms with E-state index in [0.29, 0.717) is 6.04 Å². The Balaban J connectivity index is 2.34. The van der Waals surface area contributed by atoms with Gasteiger partial charge in [-0.05, 0) is 37.8 Å². The van der Waals surface area contributed by atoms with E-state index in [1.54, 1.807) is 0 Å². The lowest BCUT2D eigenvalue weighted by Gasteiger charge is -2.37. The molecule has 1 aromatic rings. The SMILES string of the molecule is CCC1CCCCN1c1cccnc1C(=O)O. The number of anilines is 1. The molecular weight excluding hydrogens is 216 g/mol. The molecule has 1 aliphatic rings. The van der Waals surface area contributed by atoms with Gasteiger partial charge >= 0.3 is 5.97 Å². The lowest BCUT2D eigenvalue weighted by atomic mass is 9.99. The Morgan fingerprint density at radius 3 is 3.12 bits per heavy atom. The van der Waals surface area contributed by atoms with Crippen molar-refractivity contribution in [3.05, 3.63) is 24.0 Å².